The van der Waals surface area contributed by atoms with E-state index in [0.29, 0.717) is 5.56 Å². The molecule has 0 spiro atoms. The molecule has 3 rings (SSSR count). The molecular formula is C21H25NO4S. The van der Waals surface area contributed by atoms with Crippen LogP contribution in [0.2, 0.25) is 0 Å². The number of ketones is 1. The number of benzene rings is 2. The van der Waals surface area contributed by atoms with Gasteiger partial charge in [-0.15, -0.1) is 11.8 Å². The van der Waals surface area contributed by atoms with Gasteiger partial charge in [0.25, 0.3) is 5.79 Å². The van der Waals surface area contributed by atoms with Crippen molar-refractivity contribution in [1.82, 2.24) is 4.90 Å². The molecule has 1 aliphatic rings. The number of Topliss-reactive ketones (excluding diaryl/α,β-unsaturated/α-hetero) is 1. The number of methoxy groups -OCH3 is 2. The standard InChI is InChI=1S/C21H25NO4S/c1-24-21(25-2,20(23)17-8-4-3-5-9-17)18-10-6-7-11-19(18)27-16-22-12-14-26-15-13-22/h3-11H,12-16H2,1-2H3. The van der Waals surface area contributed by atoms with E-state index in [2.05, 4.69) is 4.90 Å². The van der Waals surface area contributed by atoms with E-state index in [1.807, 2.05) is 42.5 Å². The first-order valence-corrected chi connectivity index (χ1v) is 9.92. The molecule has 1 heterocycles. The molecule has 0 unspecified atom stereocenters. The van der Waals surface area contributed by atoms with Gasteiger partial charge in [0, 0.05) is 49.2 Å². The molecule has 0 saturated carbocycles. The Labute approximate surface area is 164 Å². The summed E-state index contributed by atoms with van der Waals surface area (Å²) in [5, 5.41) is 0. The molecule has 0 N–H and O–H groups in total. The lowest BCUT2D eigenvalue weighted by Crippen LogP contribution is -2.40. The van der Waals surface area contributed by atoms with Gasteiger partial charge in [-0.1, -0.05) is 48.5 Å². The molecule has 5 nitrogen and oxygen atoms in total. The highest BCUT2D eigenvalue weighted by atomic mass is 32.2. The van der Waals surface area contributed by atoms with E-state index in [1.54, 1.807) is 23.9 Å². The fourth-order valence-electron chi connectivity index (χ4n) is 3.15. The van der Waals surface area contributed by atoms with E-state index >= 15 is 0 Å². The van der Waals surface area contributed by atoms with E-state index in [9.17, 15) is 4.79 Å². The molecule has 1 fully saturated rings. The topological polar surface area (TPSA) is 48.0 Å². The third-order valence-corrected chi connectivity index (χ3v) is 5.82. The Morgan fingerprint density at radius 3 is 2.33 bits per heavy atom. The summed E-state index contributed by atoms with van der Waals surface area (Å²) in [7, 11) is 3.02. The highest BCUT2D eigenvalue weighted by Gasteiger charge is 2.43. The number of nitrogens with zero attached hydrogens (tertiary/aromatic N) is 1. The molecule has 27 heavy (non-hydrogen) atoms. The molecule has 0 amide bonds. The van der Waals surface area contributed by atoms with Crippen molar-refractivity contribution in [3.8, 4) is 0 Å². The Kier molecular flexibility index (Phi) is 7.04. The van der Waals surface area contributed by atoms with Gasteiger partial charge in [-0.2, -0.15) is 0 Å². The second kappa shape index (κ2) is 9.48. The van der Waals surface area contributed by atoms with Gasteiger partial charge in [0.1, 0.15) is 0 Å². The number of hydrogen-bond donors (Lipinski definition) is 0. The van der Waals surface area contributed by atoms with Crippen LogP contribution in [-0.2, 0) is 20.0 Å². The maximum atomic E-state index is 13.3. The van der Waals surface area contributed by atoms with Crippen molar-refractivity contribution in [3.05, 3.63) is 65.7 Å². The van der Waals surface area contributed by atoms with Gasteiger partial charge in [0.05, 0.1) is 13.2 Å². The molecule has 1 saturated heterocycles. The van der Waals surface area contributed by atoms with Crippen molar-refractivity contribution in [3.63, 3.8) is 0 Å². The van der Waals surface area contributed by atoms with Gasteiger partial charge in [0.2, 0.25) is 5.78 Å². The van der Waals surface area contributed by atoms with Crippen LogP contribution in [0.4, 0.5) is 0 Å². The minimum atomic E-state index is -1.48. The zero-order valence-electron chi connectivity index (χ0n) is 15.7. The van der Waals surface area contributed by atoms with Crippen LogP contribution in [0.25, 0.3) is 0 Å². The third kappa shape index (κ3) is 4.42. The van der Waals surface area contributed by atoms with Crippen LogP contribution >= 0.6 is 11.8 Å². The van der Waals surface area contributed by atoms with Crippen molar-refractivity contribution in [2.24, 2.45) is 0 Å². The fraction of sp³-hybridized carbons (Fsp3) is 0.381. The minimum absolute atomic E-state index is 0.215. The lowest BCUT2D eigenvalue weighted by atomic mass is 9.95. The van der Waals surface area contributed by atoms with Gasteiger partial charge < -0.3 is 14.2 Å². The van der Waals surface area contributed by atoms with E-state index in [1.165, 1.54) is 14.2 Å². The van der Waals surface area contributed by atoms with Crippen LogP contribution in [0, 0.1) is 0 Å². The molecular weight excluding hydrogens is 362 g/mol. The lowest BCUT2D eigenvalue weighted by Gasteiger charge is -2.32. The predicted octanol–water partition coefficient (Wildman–Crippen LogP) is 3.40. The maximum Gasteiger partial charge on any atom is 0.261 e. The Morgan fingerprint density at radius 2 is 1.67 bits per heavy atom. The summed E-state index contributed by atoms with van der Waals surface area (Å²) in [5.74, 6) is -0.869. The monoisotopic (exact) mass is 387 g/mol. The van der Waals surface area contributed by atoms with Crippen LogP contribution < -0.4 is 0 Å². The van der Waals surface area contributed by atoms with Gasteiger partial charge in [0.15, 0.2) is 0 Å². The van der Waals surface area contributed by atoms with Crippen LogP contribution in [0.3, 0.4) is 0 Å². The van der Waals surface area contributed by atoms with Crippen molar-refractivity contribution in [2.45, 2.75) is 10.7 Å². The number of ether oxygens (including phenoxy) is 3. The number of rotatable bonds is 8. The normalized spacial score (nSPS) is 15.6. The average molecular weight is 388 g/mol. The van der Waals surface area contributed by atoms with Crippen molar-refractivity contribution >= 4 is 17.5 Å². The smallest absolute Gasteiger partial charge is 0.261 e. The highest BCUT2D eigenvalue weighted by molar-refractivity contribution is 7.99. The Hall–Kier alpha value is -1.70. The number of hydrogen-bond acceptors (Lipinski definition) is 6. The Balaban J connectivity index is 1.90. The summed E-state index contributed by atoms with van der Waals surface area (Å²) in [6, 6.07) is 16.9. The van der Waals surface area contributed by atoms with Crippen molar-refractivity contribution in [1.29, 1.82) is 0 Å². The summed E-state index contributed by atoms with van der Waals surface area (Å²) in [6.07, 6.45) is 0. The zero-order chi connectivity index (χ0) is 19.1. The molecule has 0 bridgehead atoms. The molecule has 2 aromatic rings. The van der Waals surface area contributed by atoms with Crippen molar-refractivity contribution in [2.75, 3.05) is 46.4 Å². The highest BCUT2D eigenvalue weighted by Crippen LogP contribution is 2.37. The summed E-state index contributed by atoms with van der Waals surface area (Å²) in [4.78, 5) is 16.6. The first kappa shape index (κ1) is 20.0. The molecule has 2 aromatic carbocycles. The van der Waals surface area contributed by atoms with Gasteiger partial charge in [-0.05, 0) is 6.07 Å². The van der Waals surface area contributed by atoms with E-state index in [0.717, 1.165) is 42.6 Å². The SMILES string of the molecule is COC(OC)(C(=O)c1ccccc1)c1ccccc1SCN1CCOCC1. The molecule has 0 aliphatic carbocycles. The molecule has 0 aromatic heterocycles. The quantitative estimate of drug-likeness (QED) is 0.393. The lowest BCUT2D eigenvalue weighted by molar-refractivity contribution is -0.178. The summed E-state index contributed by atoms with van der Waals surface area (Å²) < 4.78 is 16.8. The molecule has 144 valence electrons. The first-order chi connectivity index (χ1) is 13.2. The summed E-state index contributed by atoms with van der Waals surface area (Å²) in [5.41, 5.74) is 1.27. The minimum Gasteiger partial charge on any atom is -0.379 e. The molecule has 0 atom stereocenters. The van der Waals surface area contributed by atoms with E-state index < -0.39 is 5.79 Å². The van der Waals surface area contributed by atoms with Gasteiger partial charge in [-0.25, -0.2) is 0 Å². The summed E-state index contributed by atoms with van der Waals surface area (Å²) >= 11 is 1.68. The Morgan fingerprint density at radius 1 is 1.04 bits per heavy atom. The molecule has 1 aliphatic heterocycles. The fourth-order valence-corrected chi connectivity index (χ4v) is 4.26. The summed E-state index contributed by atoms with van der Waals surface area (Å²) in [6.45, 7) is 3.35. The second-order valence-electron chi connectivity index (χ2n) is 6.22. The number of morpholine rings is 1. The first-order valence-electron chi connectivity index (χ1n) is 8.94. The van der Waals surface area contributed by atoms with E-state index in [-0.39, 0.29) is 5.78 Å². The number of carbonyl (C=O) groups excluding carboxylic acids is 1. The van der Waals surface area contributed by atoms with Crippen LogP contribution in [0.5, 0.6) is 0 Å². The van der Waals surface area contributed by atoms with Crippen LogP contribution in [-0.4, -0.2) is 57.1 Å². The molecule has 6 heteroatoms. The molecule has 0 radical (unpaired) electrons. The predicted molar refractivity (Wildman–Crippen MR) is 106 cm³/mol. The third-order valence-electron chi connectivity index (χ3n) is 4.66. The Bertz CT molecular complexity index is 743. The van der Waals surface area contributed by atoms with Crippen molar-refractivity contribution < 1.29 is 19.0 Å². The van der Waals surface area contributed by atoms with Crippen LogP contribution in [0.15, 0.2) is 59.5 Å². The average Bonchev–Trinajstić information content (AvgIpc) is 2.75. The number of carbonyl (C=O) groups is 1. The second-order valence-corrected chi connectivity index (χ2v) is 7.21. The maximum absolute atomic E-state index is 13.3. The zero-order valence-corrected chi connectivity index (χ0v) is 16.5. The van der Waals surface area contributed by atoms with Gasteiger partial charge in [-0.3, -0.25) is 9.69 Å². The van der Waals surface area contributed by atoms with E-state index in [4.69, 9.17) is 14.2 Å². The largest absolute Gasteiger partial charge is 0.379 e. The van der Waals surface area contributed by atoms with Crippen LogP contribution in [0.1, 0.15) is 15.9 Å². The van der Waals surface area contributed by atoms with Gasteiger partial charge >= 0.3 is 0 Å². The number of thioether (sulfide) groups is 1.